The van der Waals surface area contributed by atoms with Crippen molar-refractivity contribution in [1.29, 1.82) is 0 Å². The Labute approximate surface area is 169 Å². The summed E-state index contributed by atoms with van der Waals surface area (Å²) in [5.41, 5.74) is 0. The van der Waals surface area contributed by atoms with Gasteiger partial charge in [-0.1, -0.05) is 97.2 Å². The summed E-state index contributed by atoms with van der Waals surface area (Å²) in [5.74, 6) is 7.32. The lowest BCUT2D eigenvalue weighted by molar-refractivity contribution is 0.272. The molecule has 0 aromatic carbocycles. The lowest BCUT2D eigenvalue weighted by atomic mass is 9.75. The van der Waals surface area contributed by atoms with Gasteiger partial charge in [-0.05, 0) is 72.0 Å². The molecule has 0 bridgehead atoms. The van der Waals surface area contributed by atoms with Crippen LogP contribution < -0.4 is 0 Å². The predicted molar refractivity (Wildman–Crippen MR) is 117 cm³/mol. The first kappa shape index (κ1) is 16.8. The molecule has 0 saturated heterocycles. The highest BCUT2D eigenvalue weighted by Crippen LogP contribution is 2.56. The van der Waals surface area contributed by atoms with Crippen molar-refractivity contribution in [1.82, 2.24) is 0 Å². The summed E-state index contributed by atoms with van der Waals surface area (Å²) in [6, 6.07) is 0. The van der Waals surface area contributed by atoms with Gasteiger partial charge in [0.2, 0.25) is 0 Å². The maximum atomic E-state index is 2.52. The molecule has 0 heteroatoms. The SMILES string of the molecule is C1=C[C@@H]2[C@@H]3C=CC=C[C@@H]3C(CCC3[C@@H]4C=CC=C[C@@H]4[C@@H]4C=CC=C[C@@H]34)[C@H]2C=C1. The standard InChI is InChI=1S/C28H30/c1-5-13-23-19(9-1)20-10-2-6-14-24(20)27(23)17-18-28-25-15-7-3-11-21(25)22-12-4-8-16-26(22)28/h1-16,19-28H,17-18H2/t19-,20+,21-,22+,23-,24-,25+,26+,27?,28?. The van der Waals surface area contributed by atoms with Crippen LogP contribution in [0.1, 0.15) is 12.8 Å². The fourth-order valence-electron chi connectivity index (χ4n) is 7.49. The van der Waals surface area contributed by atoms with E-state index in [1.165, 1.54) is 12.8 Å². The van der Waals surface area contributed by atoms with Gasteiger partial charge < -0.3 is 0 Å². The molecule has 2 fully saturated rings. The van der Waals surface area contributed by atoms with Gasteiger partial charge >= 0.3 is 0 Å². The first-order valence-corrected chi connectivity index (χ1v) is 11.3. The summed E-state index contributed by atoms with van der Waals surface area (Å²) in [7, 11) is 0. The van der Waals surface area contributed by atoms with Gasteiger partial charge in [-0.3, -0.25) is 0 Å². The molecule has 0 aromatic heterocycles. The Bertz CT molecular complexity index is 716. The molecule has 0 heterocycles. The molecule has 6 aliphatic carbocycles. The molecule has 0 amide bonds. The van der Waals surface area contributed by atoms with Crippen molar-refractivity contribution in [3.63, 3.8) is 0 Å². The van der Waals surface area contributed by atoms with Gasteiger partial charge in [0, 0.05) is 0 Å². The number of fused-ring (bicyclic) bond motifs is 6. The molecule has 6 rings (SSSR count). The average molecular weight is 367 g/mol. The van der Waals surface area contributed by atoms with Gasteiger partial charge in [0.15, 0.2) is 0 Å². The van der Waals surface area contributed by atoms with E-state index in [1.54, 1.807) is 0 Å². The second-order valence-corrected chi connectivity index (χ2v) is 9.60. The maximum Gasteiger partial charge on any atom is -0.00956 e. The quantitative estimate of drug-likeness (QED) is 0.538. The van der Waals surface area contributed by atoms with Gasteiger partial charge in [-0.25, -0.2) is 0 Å². The van der Waals surface area contributed by atoms with Gasteiger partial charge in [0.05, 0.1) is 0 Å². The fraction of sp³-hybridized carbons (Fsp3) is 0.429. The van der Waals surface area contributed by atoms with Crippen molar-refractivity contribution < 1.29 is 0 Å². The molecular formula is C28H30. The summed E-state index contributed by atoms with van der Waals surface area (Å²) >= 11 is 0. The van der Waals surface area contributed by atoms with E-state index in [9.17, 15) is 0 Å². The normalized spacial score (nSPS) is 44.7. The third-order valence-electron chi connectivity index (χ3n) is 8.59. The average Bonchev–Trinajstić information content (AvgIpc) is 3.26. The summed E-state index contributed by atoms with van der Waals surface area (Å²) in [6.07, 6.45) is 41.0. The van der Waals surface area contributed by atoms with E-state index in [0.717, 1.165) is 35.5 Å². The fourth-order valence-corrected chi connectivity index (χ4v) is 7.49. The number of hydrogen-bond acceptors (Lipinski definition) is 0. The zero-order valence-corrected chi connectivity index (χ0v) is 16.4. The minimum atomic E-state index is 0.709. The Hall–Kier alpha value is -2.08. The van der Waals surface area contributed by atoms with Gasteiger partial charge in [0.1, 0.15) is 0 Å². The van der Waals surface area contributed by atoms with Crippen LogP contribution in [0.2, 0.25) is 0 Å². The van der Waals surface area contributed by atoms with Crippen LogP contribution in [0, 0.1) is 59.2 Å². The van der Waals surface area contributed by atoms with E-state index < -0.39 is 0 Å². The highest BCUT2D eigenvalue weighted by Gasteiger charge is 2.50. The maximum absolute atomic E-state index is 2.52. The lowest BCUT2D eigenvalue weighted by Gasteiger charge is -2.29. The van der Waals surface area contributed by atoms with Crippen LogP contribution in [-0.2, 0) is 0 Å². The van der Waals surface area contributed by atoms with E-state index in [-0.39, 0.29) is 0 Å². The smallest absolute Gasteiger partial charge is 0.00956 e. The van der Waals surface area contributed by atoms with Crippen molar-refractivity contribution in [3.8, 4) is 0 Å². The highest BCUT2D eigenvalue weighted by atomic mass is 14.5. The highest BCUT2D eigenvalue weighted by molar-refractivity contribution is 5.30. The van der Waals surface area contributed by atoms with E-state index in [2.05, 4.69) is 97.2 Å². The first-order chi connectivity index (χ1) is 13.9. The minimum absolute atomic E-state index is 0.709. The first-order valence-electron chi connectivity index (χ1n) is 11.3. The molecule has 6 aliphatic rings. The molecule has 10 atom stereocenters. The summed E-state index contributed by atoms with van der Waals surface area (Å²) in [4.78, 5) is 0. The molecule has 28 heavy (non-hydrogen) atoms. The molecule has 2 saturated carbocycles. The van der Waals surface area contributed by atoms with Crippen molar-refractivity contribution in [2.24, 2.45) is 59.2 Å². The third-order valence-corrected chi connectivity index (χ3v) is 8.59. The van der Waals surface area contributed by atoms with Gasteiger partial charge in [0.25, 0.3) is 0 Å². The molecule has 142 valence electrons. The summed E-state index contributed by atoms with van der Waals surface area (Å²) < 4.78 is 0. The van der Waals surface area contributed by atoms with Crippen molar-refractivity contribution >= 4 is 0 Å². The van der Waals surface area contributed by atoms with Crippen molar-refractivity contribution in [3.05, 3.63) is 97.2 Å². The molecule has 0 radical (unpaired) electrons. The molecule has 0 aliphatic heterocycles. The van der Waals surface area contributed by atoms with Gasteiger partial charge in [-0.15, -0.1) is 0 Å². The zero-order chi connectivity index (χ0) is 18.5. The Kier molecular flexibility index (Phi) is 4.07. The predicted octanol–water partition coefficient (Wildman–Crippen LogP) is 6.46. The second kappa shape index (κ2) is 6.76. The molecule has 0 spiro atoms. The van der Waals surface area contributed by atoms with Gasteiger partial charge in [-0.2, -0.15) is 0 Å². The topological polar surface area (TPSA) is 0 Å². The van der Waals surface area contributed by atoms with Crippen LogP contribution in [0.15, 0.2) is 97.2 Å². The van der Waals surface area contributed by atoms with E-state index in [4.69, 9.17) is 0 Å². The van der Waals surface area contributed by atoms with Crippen LogP contribution in [0.5, 0.6) is 0 Å². The molecule has 0 nitrogen and oxygen atoms in total. The number of allylic oxidation sites excluding steroid dienone is 16. The molecule has 0 N–H and O–H groups in total. The van der Waals surface area contributed by atoms with E-state index >= 15 is 0 Å². The Balaban J connectivity index is 1.25. The van der Waals surface area contributed by atoms with Crippen LogP contribution in [-0.4, -0.2) is 0 Å². The van der Waals surface area contributed by atoms with Crippen LogP contribution in [0.25, 0.3) is 0 Å². The molecule has 2 unspecified atom stereocenters. The van der Waals surface area contributed by atoms with E-state index in [1.807, 2.05) is 0 Å². The minimum Gasteiger partial charge on any atom is -0.0805 e. The summed E-state index contributed by atoms with van der Waals surface area (Å²) in [6.45, 7) is 0. The third kappa shape index (κ3) is 2.50. The van der Waals surface area contributed by atoms with E-state index in [0.29, 0.717) is 23.7 Å². The lowest BCUT2D eigenvalue weighted by Crippen LogP contribution is -2.21. The second-order valence-electron chi connectivity index (χ2n) is 9.60. The van der Waals surface area contributed by atoms with Crippen LogP contribution in [0.3, 0.4) is 0 Å². The number of rotatable bonds is 3. The van der Waals surface area contributed by atoms with Crippen LogP contribution >= 0.6 is 0 Å². The molecular weight excluding hydrogens is 336 g/mol. The monoisotopic (exact) mass is 366 g/mol. The Morgan fingerprint density at radius 2 is 0.500 bits per heavy atom. The largest absolute Gasteiger partial charge is 0.0805 e. The van der Waals surface area contributed by atoms with Crippen molar-refractivity contribution in [2.45, 2.75) is 12.8 Å². The zero-order valence-electron chi connectivity index (χ0n) is 16.4. The number of hydrogen-bond donors (Lipinski definition) is 0. The Morgan fingerprint density at radius 1 is 0.286 bits per heavy atom. The summed E-state index contributed by atoms with van der Waals surface area (Å²) in [5, 5.41) is 0. The van der Waals surface area contributed by atoms with Crippen LogP contribution in [0.4, 0.5) is 0 Å². The molecule has 0 aromatic rings. The van der Waals surface area contributed by atoms with Crippen molar-refractivity contribution in [2.75, 3.05) is 0 Å². The Morgan fingerprint density at radius 3 is 0.750 bits per heavy atom.